The van der Waals surface area contributed by atoms with Gasteiger partial charge in [0, 0.05) is 44.2 Å². The molecule has 0 saturated carbocycles. The number of hydrogen-bond acceptors (Lipinski definition) is 6. The maximum Gasteiger partial charge on any atom is 0.225 e. The number of benzene rings is 1. The van der Waals surface area contributed by atoms with Gasteiger partial charge in [0.05, 0.1) is 13.2 Å². The molecule has 0 bridgehead atoms. The van der Waals surface area contributed by atoms with Gasteiger partial charge in [-0.1, -0.05) is 29.8 Å². The van der Waals surface area contributed by atoms with Crippen molar-refractivity contribution in [1.82, 2.24) is 9.97 Å². The van der Waals surface area contributed by atoms with Crippen molar-refractivity contribution in [2.75, 3.05) is 36.5 Å². The van der Waals surface area contributed by atoms with Crippen LogP contribution in [0.4, 0.5) is 11.8 Å². The highest BCUT2D eigenvalue weighted by Crippen LogP contribution is 2.33. The Morgan fingerprint density at radius 1 is 1.04 bits per heavy atom. The average Bonchev–Trinajstić information content (AvgIpc) is 3.09. The number of hydrogen-bond donors (Lipinski definition) is 1. The van der Waals surface area contributed by atoms with Gasteiger partial charge < -0.3 is 19.7 Å². The van der Waals surface area contributed by atoms with E-state index >= 15 is 0 Å². The maximum atomic E-state index is 5.81. The third-order valence-corrected chi connectivity index (χ3v) is 5.07. The van der Waals surface area contributed by atoms with Crippen molar-refractivity contribution < 1.29 is 9.47 Å². The summed E-state index contributed by atoms with van der Waals surface area (Å²) in [6.07, 6.45) is 1.75. The van der Waals surface area contributed by atoms with E-state index < -0.39 is 0 Å². The lowest BCUT2D eigenvalue weighted by molar-refractivity contribution is -0.169. The minimum Gasteiger partial charge on any atom is -0.356 e. The molecule has 1 N–H and O–H groups in total. The predicted octanol–water partition coefficient (Wildman–Crippen LogP) is 3.05. The van der Waals surface area contributed by atoms with Crippen molar-refractivity contribution in [3.63, 3.8) is 0 Å². The van der Waals surface area contributed by atoms with Crippen LogP contribution in [0.1, 0.15) is 29.7 Å². The molecule has 2 aromatic rings. The summed E-state index contributed by atoms with van der Waals surface area (Å²) in [7, 11) is 0. The quantitative estimate of drug-likeness (QED) is 0.911. The van der Waals surface area contributed by atoms with Gasteiger partial charge in [0.15, 0.2) is 5.79 Å². The van der Waals surface area contributed by atoms with Gasteiger partial charge in [-0.25, -0.2) is 4.98 Å². The fraction of sp³-hybridized carbons (Fsp3) is 0.500. The highest BCUT2D eigenvalue weighted by molar-refractivity contribution is 5.45. The van der Waals surface area contributed by atoms with E-state index in [1.807, 2.05) is 13.0 Å². The number of nitrogens with one attached hydrogen (secondary N) is 1. The van der Waals surface area contributed by atoms with E-state index in [1.165, 1.54) is 11.1 Å². The van der Waals surface area contributed by atoms with Crippen LogP contribution in [0.25, 0.3) is 0 Å². The Morgan fingerprint density at radius 3 is 2.42 bits per heavy atom. The molecule has 1 spiro atoms. The van der Waals surface area contributed by atoms with E-state index in [4.69, 9.17) is 14.5 Å². The molecule has 0 aliphatic carbocycles. The largest absolute Gasteiger partial charge is 0.356 e. The average molecular weight is 354 g/mol. The summed E-state index contributed by atoms with van der Waals surface area (Å²) in [5.41, 5.74) is 3.45. The topological polar surface area (TPSA) is 59.5 Å². The van der Waals surface area contributed by atoms with Crippen LogP contribution in [-0.4, -0.2) is 42.1 Å². The SMILES string of the molecule is Cc1ccc(CNc2nc(C)cc(N3CCC4(CC3)OCCO4)n2)cc1. The summed E-state index contributed by atoms with van der Waals surface area (Å²) < 4.78 is 11.6. The lowest BCUT2D eigenvalue weighted by atomic mass is 10.0. The number of anilines is 2. The minimum atomic E-state index is -0.356. The van der Waals surface area contributed by atoms with E-state index in [2.05, 4.69) is 46.4 Å². The molecule has 2 saturated heterocycles. The van der Waals surface area contributed by atoms with Gasteiger partial charge in [0.1, 0.15) is 5.82 Å². The van der Waals surface area contributed by atoms with Crippen LogP contribution in [0.3, 0.4) is 0 Å². The second-order valence-electron chi connectivity index (χ2n) is 7.12. The molecule has 2 fully saturated rings. The van der Waals surface area contributed by atoms with Crippen molar-refractivity contribution in [1.29, 1.82) is 0 Å². The van der Waals surface area contributed by atoms with Crippen molar-refractivity contribution in [2.24, 2.45) is 0 Å². The molecule has 26 heavy (non-hydrogen) atoms. The van der Waals surface area contributed by atoms with Crippen LogP contribution in [0.5, 0.6) is 0 Å². The van der Waals surface area contributed by atoms with Gasteiger partial charge in [-0.3, -0.25) is 0 Å². The number of aromatic nitrogens is 2. The van der Waals surface area contributed by atoms with E-state index in [9.17, 15) is 0 Å². The number of rotatable bonds is 4. The summed E-state index contributed by atoms with van der Waals surface area (Å²) in [5.74, 6) is 1.29. The molecule has 0 radical (unpaired) electrons. The van der Waals surface area contributed by atoms with Crippen molar-refractivity contribution in [2.45, 2.75) is 39.0 Å². The van der Waals surface area contributed by atoms with Gasteiger partial charge in [0.2, 0.25) is 5.95 Å². The third kappa shape index (κ3) is 3.81. The molecule has 138 valence electrons. The summed E-state index contributed by atoms with van der Waals surface area (Å²) in [4.78, 5) is 11.6. The van der Waals surface area contributed by atoms with Crippen LogP contribution in [0.2, 0.25) is 0 Å². The summed E-state index contributed by atoms with van der Waals surface area (Å²) in [6, 6.07) is 10.5. The smallest absolute Gasteiger partial charge is 0.225 e. The zero-order chi connectivity index (χ0) is 18.0. The third-order valence-electron chi connectivity index (χ3n) is 5.07. The zero-order valence-corrected chi connectivity index (χ0v) is 15.5. The standard InChI is InChI=1S/C20H26N4O2/c1-15-3-5-17(6-4-15)14-21-19-22-16(2)13-18(23-19)24-9-7-20(8-10-24)25-11-12-26-20/h3-6,13H,7-12,14H2,1-2H3,(H,21,22,23). The first-order valence-corrected chi connectivity index (χ1v) is 9.30. The number of ether oxygens (including phenoxy) is 2. The van der Waals surface area contributed by atoms with Gasteiger partial charge in [0.25, 0.3) is 0 Å². The number of nitrogens with zero attached hydrogens (tertiary/aromatic N) is 3. The molecule has 1 aromatic heterocycles. The monoisotopic (exact) mass is 354 g/mol. The van der Waals surface area contributed by atoms with Gasteiger partial charge in [-0.2, -0.15) is 4.98 Å². The fourth-order valence-electron chi connectivity index (χ4n) is 3.54. The Morgan fingerprint density at radius 2 is 1.73 bits per heavy atom. The van der Waals surface area contributed by atoms with E-state index in [0.717, 1.165) is 37.4 Å². The van der Waals surface area contributed by atoms with Crippen LogP contribution in [0.15, 0.2) is 30.3 Å². The Bertz CT molecular complexity index is 747. The highest BCUT2D eigenvalue weighted by Gasteiger charge is 2.40. The summed E-state index contributed by atoms with van der Waals surface area (Å²) in [5, 5.41) is 3.35. The lowest BCUT2D eigenvalue weighted by Gasteiger charge is -2.38. The first-order valence-electron chi connectivity index (χ1n) is 9.30. The lowest BCUT2D eigenvalue weighted by Crippen LogP contribution is -2.45. The van der Waals surface area contributed by atoms with Gasteiger partial charge in [-0.15, -0.1) is 0 Å². The zero-order valence-electron chi connectivity index (χ0n) is 15.5. The van der Waals surface area contributed by atoms with Crippen LogP contribution in [-0.2, 0) is 16.0 Å². The molecular formula is C20H26N4O2. The van der Waals surface area contributed by atoms with Crippen LogP contribution < -0.4 is 10.2 Å². The summed E-state index contributed by atoms with van der Waals surface area (Å²) >= 11 is 0. The number of aryl methyl sites for hydroxylation is 2. The highest BCUT2D eigenvalue weighted by atomic mass is 16.7. The minimum absolute atomic E-state index is 0.356. The van der Waals surface area contributed by atoms with Crippen molar-refractivity contribution in [3.8, 4) is 0 Å². The normalized spacial score (nSPS) is 19.1. The molecule has 2 aliphatic rings. The number of piperidine rings is 1. The van der Waals surface area contributed by atoms with E-state index in [1.54, 1.807) is 0 Å². The van der Waals surface area contributed by atoms with Gasteiger partial charge >= 0.3 is 0 Å². The molecule has 0 amide bonds. The Labute approximate surface area is 154 Å². The molecule has 1 aromatic carbocycles. The van der Waals surface area contributed by atoms with Crippen LogP contribution in [0, 0.1) is 13.8 Å². The van der Waals surface area contributed by atoms with Crippen molar-refractivity contribution >= 4 is 11.8 Å². The van der Waals surface area contributed by atoms with E-state index in [-0.39, 0.29) is 5.79 Å². The van der Waals surface area contributed by atoms with E-state index in [0.29, 0.717) is 25.7 Å². The van der Waals surface area contributed by atoms with Crippen LogP contribution >= 0.6 is 0 Å². The second kappa shape index (κ2) is 7.21. The Kier molecular flexibility index (Phi) is 4.78. The summed E-state index contributed by atoms with van der Waals surface area (Å²) in [6.45, 7) is 8.00. The molecule has 2 aliphatic heterocycles. The maximum absolute atomic E-state index is 5.81. The molecule has 3 heterocycles. The predicted molar refractivity (Wildman–Crippen MR) is 101 cm³/mol. The fourth-order valence-corrected chi connectivity index (χ4v) is 3.54. The van der Waals surface area contributed by atoms with Gasteiger partial charge in [-0.05, 0) is 19.4 Å². The molecule has 0 unspecified atom stereocenters. The molecule has 0 atom stereocenters. The first-order chi connectivity index (χ1) is 12.6. The Balaban J connectivity index is 1.42. The molecule has 6 nitrogen and oxygen atoms in total. The Hall–Kier alpha value is -2.18. The molecule has 6 heteroatoms. The van der Waals surface area contributed by atoms with Crippen molar-refractivity contribution in [3.05, 3.63) is 47.2 Å². The second-order valence-corrected chi connectivity index (χ2v) is 7.12. The molecular weight excluding hydrogens is 328 g/mol. The first kappa shape index (κ1) is 17.2. The molecule has 4 rings (SSSR count).